The molecular formula is C22H19Cl3N2O4S. The lowest BCUT2D eigenvalue weighted by atomic mass is 10.2. The lowest BCUT2D eigenvalue weighted by Gasteiger charge is -2.22. The molecule has 3 rings (SSSR count). The number of ether oxygens (including phenoxy) is 1. The first-order valence-corrected chi connectivity index (χ1v) is 11.9. The van der Waals surface area contributed by atoms with Gasteiger partial charge in [-0.1, -0.05) is 59.1 Å². The first kappa shape index (κ1) is 24.4. The standard InChI is InChI=1S/C22H19Cl3N2O4S/c1-31-21-10-8-16(12-20(21)25)26-22(28)14-27(13-15-7-9-18(23)19(24)11-15)32(29,30)17-5-3-2-4-6-17/h2-12H,13-14H2,1H3,(H,26,28). The van der Waals surface area contributed by atoms with Crippen LogP contribution in [-0.2, 0) is 21.4 Å². The van der Waals surface area contributed by atoms with Crippen molar-refractivity contribution in [3.63, 3.8) is 0 Å². The summed E-state index contributed by atoms with van der Waals surface area (Å²) in [5.74, 6) is -0.0802. The molecule has 0 aliphatic carbocycles. The van der Waals surface area contributed by atoms with Gasteiger partial charge in [-0.3, -0.25) is 4.79 Å². The van der Waals surface area contributed by atoms with Crippen LogP contribution in [0.4, 0.5) is 5.69 Å². The van der Waals surface area contributed by atoms with E-state index in [0.717, 1.165) is 4.31 Å². The lowest BCUT2D eigenvalue weighted by molar-refractivity contribution is -0.116. The van der Waals surface area contributed by atoms with Crippen molar-refractivity contribution in [2.24, 2.45) is 0 Å². The van der Waals surface area contributed by atoms with Crippen molar-refractivity contribution in [2.75, 3.05) is 19.0 Å². The molecule has 0 heterocycles. The zero-order valence-electron chi connectivity index (χ0n) is 16.9. The van der Waals surface area contributed by atoms with Crippen molar-refractivity contribution in [1.29, 1.82) is 0 Å². The minimum absolute atomic E-state index is 0.0698. The molecule has 168 valence electrons. The van der Waals surface area contributed by atoms with Crippen molar-refractivity contribution in [1.82, 2.24) is 4.31 Å². The SMILES string of the molecule is COc1ccc(NC(=O)CN(Cc2ccc(Cl)c(Cl)c2)S(=O)(=O)c2ccccc2)cc1Cl. The highest BCUT2D eigenvalue weighted by Gasteiger charge is 2.27. The Labute approximate surface area is 201 Å². The summed E-state index contributed by atoms with van der Waals surface area (Å²) in [5, 5.41) is 3.62. The molecule has 0 fully saturated rings. The summed E-state index contributed by atoms with van der Waals surface area (Å²) in [4.78, 5) is 12.8. The average Bonchev–Trinajstić information content (AvgIpc) is 2.76. The summed E-state index contributed by atoms with van der Waals surface area (Å²) in [6.07, 6.45) is 0. The minimum Gasteiger partial charge on any atom is -0.495 e. The van der Waals surface area contributed by atoms with E-state index in [9.17, 15) is 13.2 Å². The van der Waals surface area contributed by atoms with Gasteiger partial charge >= 0.3 is 0 Å². The normalized spacial score (nSPS) is 11.4. The Morgan fingerprint density at radius 3 is 2.28 bits per heavy atom. The van der Waals surface area contributed by atoms with Crippen LogP contribution < -0.4 is 10.1 Å². The molecule has 0 radical (unpaired) electrons. The van der Waals surface area contributed by atoms with Crippen LogP contribution in [0.15, 0.2) is 71.6 Å². The Bertz CT molecular complexity index is 1220. The van der Waals surface area contributed by atoms with Crippen molar-refractivity contribution in [3.8, 4) is 5.75 Å². The van der Waals surface area contributed by atoms with Gasteiger partial charge in [0.1, 0.15) is 5.75 Å². The second-order valence-corrected chi connectivity index (χ2v) is 9.89. The molecule has 32 heavy (non-hydrogen) atoms. The molecule has 1 N–H and O–H groups in total. The smallest absolute Gasteiger partial charge is 0.243 e. The molecular weight excluding hydrogens is 495 g/mol. The summed E-state index contributed by atoms with van der Waals surface area (Å²) in [6.45, 7) is -0.508. The largest absolute Gasteiger partial charge is 0.495 e. The summed E-state index contributed by atoms with van der Waals surface area (Å²) in [7, 11) is -2.50. The highest BCUT2D eigenvalue weighted by atomic mass is 35.5. The molecule has 0 spiro atoms. The third-order valence-electron chi connectivity index (χ3n) is 4.48. The topological polar surface area (TPSA) is 75.7 Å². The molecule has 0 bridgehead atoms. The van der Waals surface area contributed by atoms with Crippen LogP contribution in [0.25, 0.3) is 0 Å². The molecule has 6 nitrogen and oxygen atoms in total. The predicted molar refractivity (Wildman–Crippen MR) is 127 cm³/mol. The first-order valence-electron chi connectivity index (χ1n) is 9.33. The van der Waals surface area contributed by atoms with Gasteiger partial charge in [0, 0.05) is 12.2 Å². The Hall–Kier alpha value is -2.29. The molecule has 3 aromatic carbocycles. The van der Waals surface area contributed by atoms with E-state index in [0.29, 0.717) is 32.1 Å². The fourth-order valence-electron chi connectivity index (χ4n) is 2.91. The number of hydrogen-bond donors (Lipinski definition) is 1. The number of nitrogens with zero attached hydrogens (tertiary/aromatic N) is 1. The van der Waals surface area contributed by atoms with Crippen molar-refractivity contribution in [2.45, 2.75) is 11.4 Å². The first-order chi connectivity index (χ1) is 15.2. The van der Waals surface area contributed by atoms with Gasteiger partial charge in [-0.2, -0.15) is 4.31 Å². The maximum Gasteiger partial charge on any atom is 0.243 e. The van der Waals surface area contributed by atoms with E-state index in [1.807, 2.05) is 0 Å². The van der Waals surface area contributed by atoms with Gasteiger partial charge in [-0.25, -0.2) is 8.42 Å². The monoisotopic (exact) mass is 512 g/mol. The van der Waals surface area contributed by atoms with E-state index in [1.165, 1.54) is 25.3 Å². The van der Waals surface area contributed by atoms with Crippen molar-refractivity contribution >= 4 is 56.4 Å². The van der Waals surface area contributed by atoms with E-state index in [-0.39, 0.29) is 11.4 Å². The second-order valence-electron chi connectivity index (χ2n) is 6.73. The van der Waals surface area contributed by atoms with E-state index in [4.69, 9.17) is 39.5 Å². The Morgan fingerprint density at radius 2 is 1.66 bits per heavy atom. The van der Waals surface area contributed by atoms with E-state index in [1.54, 1.807) is 48.5 Å². The summed E-state index contributed by atoms with van der Waals surface area (Å²) >= 11 is 18.1. The zero-order valence-corrected chi connectivity index (χ0v) is 20.0. The summed E-state index contributed by atoms with van der Waals surface area (Å²) in [5.41, 5.74) is 0.992. The van der Waals surface area contributed by atoms with Crippen molar-refractivity contribution < 1.29 is 17.9 Å². The number of sulfonamides is 1. The van der Waals surface area contributed by atoms with Crippen LogP contribution in [0.5, 0.6) is 5.75 Å². The maximum atomic E-state index is 13.3. The number of benzene rings is 3. The number of nitrogens with one attached hydrogen (secondary N) is 1. The van der Waals surface area contributed by atoms with Crippen LogP contribution in [0.2, 0.25) is 15.1 Å². The quantitative estimate of drug-likeness (QED) is 0.432. The molecule has 10 heteroatoms. The van der Waals surface area contributed by atoms with E-state index >= 15 is 0 Å². The summed E-state index contributed by atoms with van der Waals surface area (Å²) < 4.78 is 32.7. The zero-order chi connectivity index (χ0) is 23.3. The third-order valence-corrected chi connectivity index (χ3v) is 7.32. The highest BCUT2D eigenvalue weighted by molar-refractivity contribution is 7.89. The Morgan fingerprint density at radius 1 is 0.938 bits per heavy atom. The van der Waals surface area contributed by atoms with Crippen LogP contribution in [0.1, 0.15) is 5.56 Å². The molecule has 0 unspecified atom stereocenters. The number of carbonyl (C=O) groups is 1. The van der Waals surface area contributed by atoms with Gasteiger partial charge < -0.3 is 10.1 Å². The second kappa shape index (κ2) is 10.6. The molecule has 0 aliphatic rings. The van der Waals surface area contributed by atoms with Gasteiger partial charge in [-0.15, -0.1) is 0 Å². The predicted octanol–water partition coefficient (Wildman–Crippen LogP) is 5.49. The third kappa shape index (κ3) is 5.94. The Kier molecular flexibility index (Phi) is 8.03. The fraction of sp³-hybridized carbons (Fsp3) is 0.136. The van der Waals surface area contributed by atoms with E-state index in [2.05, 4.69) is 5.32 Å². The fourth-order valence-corrected chi connectivity index (χ4v) is 4.90. The Balaban J connectivity index is 1.87. The van der Waals surface area contributed by atoms with Crippen molar-refractivity contribution in [3.05, 3.63) is 87.4 Å². The van der Waals surface area contributed by atoms with Crippen LogP contribution in [0.3, 0.4) is 0 Å². The number of methoxy groups -OCH3 is 1. The van der Waals surface area contributed by atoms with Crippen LogP contribution >= 0.6 is 34.8 Å². The molecule has 0 aliphatic heterocycles. The highest BCUT2D eigenvalue weighted by Crippen LogP contribution is 2.28. The molecule has 0 atom stereocenters. The maximum absolute atomic E-state index is 13.3. The molecule has 0 saturated carbocycles. The van der Waals surface area contributed by atoms with Gasteiger partial charge in [-0.05, 0) is 48.0 Å². The molecule has 1 amide bonds. The number of carbonyl (C=O) groups excluding carboxylic acids is 1. The summed E-state index contributed by atoms with van der Waals surface area (Å²) in [6, 6.07) is 17.4. The van der Waals surface area contributed by atoms with E-state index < -0.39 is 22.5 Å². The molecule has 0 aromatic heterocycles. The van der Waals surface area contributed by atoms with Gasteiger partial charge in [0.25, 0.3) is 0 Å². The van der Waals surface area contributed by atoms with Crippen LogP contribution in [-0.4, -0.2) is 32.3 Å². The molecule has 0 saturated heterocycles. The average molecular weight is 514 g/mol. The number of anilines is 1. The van der Waals surface area contributed by atoms with Gasteiger partial charge in [0.15, 0.2) is 0 Å². The van der Waals surface area contributed by atoms with Gasteiger partial charge in [0.2, 0.25) is 15.9 Å². The number of halogens is 3. The molecule has 3 aromatic rings. The number of rotatable bonds is 8. The number of hydrogen-bond acceptors (Lipinski definition) is 4. The van der Waals surface area contributed by atoms with Crippen LogP contribution in [0, 0.1) is 0 Å². The number of amides is 1. The minimum atomic E-state index is -3.98. The van der Waals surface area contributed by atoms with Gasteiger partial charge in [0.05, 0.1) is 33.6 Å². The lowest BCUT2D eigenvalue weighted by Crippen LogP contribution is -2.37.